The van der Waals surface area contributed by atoms with Crippen molar-refractivity contribution in [3.05, 3.63) is 18.1 Å². The highest BCUT2D eigenvalue weighted by atomic mass is 16.5. The quantitative estimate of drug-likeness (QED) is 0.799. The fourth-order valence-electron chi connectivity index (χ4n) is 1.39. The standard InChI is InChI=1S/C13H20N4O3/c1-8(11(18)17-13(2,3)4)15-9-6-7-14-10(16-9)12(19)20-5/h6-8H,1-5H3,(H,17,18)(H,14,15,16). The Labute approximate surface area is 118 Å². The lowest BCUT2D eigenvalue weighted by Gasteiger charge is -2.23. The highest BCUT2D eigenvalue weighted by Crippen LogP contribution is 2.06. The zero-order valence-corrected chi connectivity index (χ0v) is 12.4. The van der Waals surface area contributed by atoms with Gasteiger partial charge in [0.1, 0.15) is 11.9 Å². The summed E-state index contributed by atoms with van der Waals surface area (Å²) < 4.78 is 4.54. The Bertz CT molecular complexity index is 497. The van der Waals surface area contributed by atoms with Crippen LogP contribution in [0.5, 0.6) is 0 Å². The molecule has 0 saturated heterocycles. The van der Waals surface area contributed by atoms with E-state index in [-0.39, 0.29) is 17.3 Å². The molecule has 2 N–H and O–H groups in total. The molecule has 7 nitrogen and oxygen atoms in total. The summed E-state index contributed by atoms with van der Waals surface area (Å²) in [4.78, 5) is 31.0. The number of hydrogen-bond donors (Lipinski definition) is 2. The number of carbonyl (C=O) groups is 2. The third kappa shape index (κ3) is 4.83. The Morgan fingerprint density at radius 3 is 2.55 bits per heavy atom. The summed E-state index contributed by atoms with van der Waals surface area (Å²) in [5.74, 6) is -0.450. The number of hydrogen-bond acceptors (Lipinski definition) is 6. The molecule has 0 aliphatic rings. The minimum Gasteiger partial charge on any atom is -0.463 e. The van der Waals surface area contributed by atoms with Gasteiger partial charge in [0, 0.05) is 11.7 Å². The molecule has 0 aliphatic heterocycles. The van der Waals surface area contributed by atoms with Gasteiger partial charge in [-0.3, -0.25) is 4.79 Å². The molecule has 1 heterocycles. The molecule has 1 rings (SSSR count). The lowest BCUT2D eigenvalue weighted by atomic mass is 10.1. The van der Waals surface area contributed by atoms with Gasteiger partial charge < -0.3 is 15.4 Å². The number of ether oxygens (including phenoxy) is 1. The van der Waals surface area contributed by atoms with Crippen LogP contribution in [0.25, 0.3) is 0 Å². The molecule has 1 aromatic heterocycles. The molecule has 20 heavy (non-hydrogen) atoms. The summed E-state index contributed by atoms with van der Waals surface area (Å²) in [5, 5.41) is 5.76. The van der Waals surface area contributed by atoms with Gasteiger partial charge in [0.15, 0.2) is 0 Å². The lowest BCUT2D eigenvalue weighted by molar-refractivity contribution is -0.122. The average molecular weight is 280 g/mol. The van der Waals surface area contributed by atoms with Crippen LogP contribution >= 0.6 is 0 Å². The van der Waals surface area contributed by atoms with Gasteiger partial charge in [-0.05, 0) is 33.8 Å². The van der Waals surface area contributed by atoms with Crippen LogP contribution in [0.2, 0.25) is 0 Å². The van der Waals surface area contributed by atoms with Crippen LogP contribution in [0.4, 0.5) is 5.82 Å². The van der Waals surface area contributed by atoms with Crippen LogP contribution in [0.1, 0.15) is 38.3 Å². The first-order valence-corrected chi connectivity index (χ1v) is 6.23. The molecule has 0 radical (unpaired) electrons. The summed E-state index contributed by atoms with van der Waals surface area (Å²) in [7, 11) is 1.26. The molecule has 110 valence electrons. The van der Waals surface area contributed by atoms with Gasteiger partial charge >= 0.3 is 5.97 Å². The Morgan fingerprint density at radius 1 is 1.35 bits per heavy atom. The van der Waals surface area contributed by atoms with E-state index >= 15 is 0 Å². The van der Waals surface area contributed by atoms with Crippen LogP contribution in [-0.2, 0) is 9.53 Å². The zero-order valence-electron chi connectivity index (χ0n) is 12.4. The molecule has 0 fully saturated rings. The third-order valence-corrected chi connectivity index (χ3v) is 2.28. The minimum atomic E-state index is -0.625. The minimum absolute atomic E-state index is 0.0547. The van der Waals surface area contributed by atoms with Crippen molar-refractivity contribution in [2.45, 2.75) is 39.3 Å². The second-order valence-corrected chi connectivity index (χ2v) is 5.36. The molecule has 0 aliphatic carbocycles. The number of methoxy groups -OCH3 is 1. The Hall–Kier alpha value is -2.18. The number of aromatic nitrogens is 2. The highest BCUT2D eigenvalue weighted by Gasteiger charge is 2.19. The molecule has 0 bridgehead atoms. The van der Waals surface area contributed by atoms with E-state index in [2.05, 4.69) is 25.3 Å². The summed E-state index contributed by atoms with van der Waals surface area (Å²) in [6.45, 7) is 7.41. The first-order valence-electron chi connectivity index (χ1n) is 6.23. The SMILES string of the molecule is COC(=O)c1nccc(NC(C)C(=O)NC(C)(C)C)n1. The van der Waals surface area contributed by atoms with Crippen LogP contribution < -0.4 is 10.6 Å². The summed E-state index contributed by atoms with van der Waals surface area (Å²) in [6.07, 6.45) is 1.43. The van der Waals surface area contributed by atoms with Crippen molar-refractivity contribution in [3.63, 3.8) is 0 Å². The second kappa shape index (κ2) is 6.31. The predicted molar refractivity (Wildman–Crippen MR) is 74.4 cm³/mol. The number of esters is 1. The molecule has 1 atom stereocenters. The van der Waals surface area contributed by atoms with Gasteiger partial charge in [-0.2, -0.15) is 0 Å². The normalized spacial score (nSPS) is 12.4. The van der Waals surface area contributed by atoms with Crippen LogP contribution in [-0.4, -0.2) is 40.5 Å². The van der Waals surface area contributed by atoms with E-state index in [9.17, 15) is 9.59 Å². The van der Waals surface area contributed by atoms with Gasteiger partial charge in [0.05, 0.1) is 7.11 Å². The van der Waals surface area contributed by atoms with E-state index in [4.69, 9.17) is 0 Å². The molecule has 0 spiro atoms. The average Bonchev–Trinajstić information content (AvgIpc) is 2.36. The number of anilines is 1. The molecule has 0 aromatic carbocycles. The first kappa shape index (κ1) is 15.9. The number of nitrogens with zero attached hydrogens (tertiary/aromatic N) is 2. The van der Waals surface area contributed by atoms with E-state index in [1.165, 1.54) is 13.3 Å². The van der Waals surface area contributed by atoms with Crippen LogP contribution in [0.15, 0.2) is 12.3 Å². The molecular weight excluding hydrogens is 260 g/mol. The molecule has 0 saturated carbocycles. The second-order valence-electron chi connectivity index (χ2n) is 5.36. The van der Waals surface area contributed by atoms with Crippen molar-refractivity contribution >= 4 is 17.7 Å². The summed E-state index contributed by atoms with van der Waals surface area (Å²) in [5.41, 5.74) is -0.310. The Kier molecular flexibility index (Phi) is 5.01. The van der Waals surface area contributed by atoms with Crippen molar-refractivity contribution in [2.75, 3.05) is 12.4 Å². The van der Waals surface area contributed by atoms with Gasteiger partial charge in [-0.1, -0.05) is 0 Å². The Balaban J connectivity index is 2.73. The topological polar surface area (TPSA) is 93.2 Å². The van der Waals surface area contributed by atoms with Gasteiger partial charge in [-0.15, -0.1) is 0 Å². The fraction of sp³-hybridized carbons (Fsp3) is 0.538. The van der Waals surface area contributed by atoms with Crippen molar-refractivity contribution in [2.24, 2.45) is 0 Å². The largest absolute Gasteiger partial charge is 0.463 e. The highest BCUT2D eigenvalue weighted by molar-refractivity contribution is 5.86. The number of rotatable bonds is 4. The number of amides is 1. The number of nitrogens with one attached hydrogen (secondary N) is 2. The maximum absolute atomic E-state index is 11.9. The van der Waals surface area contributed by atoms with Crippen LogP contribution in [0, 0.1) is 0 Å². The molecule has 1 amide bonds. The summed E-state index contributed by atoms with van der Waals surface area (Å²) >= 11 is 0. The van der Waals surface area contributed by atoms with E-state index in [1.807, 2.05) is 20.8 Å². The third-order valence-electron chi connectivity index (χ3n) is 2.28. The molecule has 7 heteroatoms. The Morgan fingerprint density at radius 2 is 2.00 bits per heavy atom. The maximum Gasteiger partial charge on any atom is 0.376 e. The molecule has 1 unspecified atom stereocenters. The van der Waals surface area contributed by atoms with Crippen molar-refractivity contribution < 1.29 is 14.3 Å². The number of carbonyl (C=O) groups excluding carboxylic acids is 2. The van der Waals surface area contributed by atoms with Gasteiger partial charge in [-0.25, -0.2) is 14.8 Å². The lowest BCUT2D eigenvalue weighted by Crippen LogP contribution is -2.47. The smallest absolute Gasteiger partial charge is 0.376 e. The van der Waals surface area contributed by atoms with Gasteiger partial charge in [0.2, 0.25) is 11.7 Å². The first-order chi connectivity index (χ1) is 9.23. The van der Waals surface area contributed by atoms with Crippen molar-refractivity contribution in [3.8, 4) is 0 Å². The molecule has 1 aromatic rings. The van der Waals surface area contributed by atoms with E-state index in [0.717, 1.165) is 0 Å². The van der Waals surface area contributed by atoms with E-state index in [0.29, 0.717) is 5.82 Å². The maximum atomic E-state index is 11.9. The molecular formula is C13H20N4O3. The van der Waals surface area contributed by atoms with Crippen LogP contribution in [0.3, 0.4) is 0 Å². The van der Waals surface area contributed by atoms with E-state index in [1.54, 1.807) is 13.0 Å². The van der Waals surface area contributed by atoms with Crippen molar-refractivity contribution in [1.29, 1.82) is 0 Å². The monoisotopic (exact) mass is 280 g/mol. The predicted octanol–water partition coefficient (Wildman–Crippen LogP) is 0.978. The summed E-state index contributed by atoms with van der Waals surface area (Å²) in [6, 6.07) is 1.09. The van der Waals surface area contributed by atoms with Gasteiger partial charge in [0.25, 0.3) is 0 Å². The van der Waals surface area contributed by atoms with E-state index < -0.39 is 12.0 Å². The van der Waals surface area contributed by atoms with Crippen molar-refractivity contribution in [1.82, 2.24) is 15.3 Å². The zero-order chi connectivity index (χ0) is 15.3. The fourth-order valence-corrected chi connectivity index (χ4v) is 1.39.